The first-order valence-electron chi connectivity index (χ1n) is 8.81. The van der Waals surface area contributed by atoms with E-state index in [1.165, 1.54) is 6.07 Å². The smallest absolute Gasteiger partial charge is 0.175 e. The zero-order chi connectivity index (χ0) is 19.9. The Labute approximate surface area is 175 Å². The second kappa shape index (κ2) is 7.31. The molecule has 0 amide bonds. The minimum atomic E-state index is -1.28. The minimum absolute atomic E-state index is 0.158. The summed E-state index contributed by atoms with van der Waals surface area (Å²) < 4.78 is 14.5. The molecule has 0 spiro atoms. The average molecular weight is 467 g/mol. The number of thioether (sulfide) groups is 2. The first-order chi connectivity index (χ1) is 12.9. The van der Waals surface area contributed by atoms with Gasteiger partial charge in [0.25, 0.3) is 0 Å². The molecule has 0 radical (unpaired) electrons. The second-order valence-corrected chi connectivity index (χ2v) is 10.5. The third-order valence-electron chi connectivity index (χ3n) is 5.20. The van der Waals surface area contributed by atoms with Gasteiger partial charge < -0.3 is 5.73 Å². The Balaban J connectivity index is 2.20. The average Bonchev–Trinajstić information content (AvgIpc) is 3.21. The second-order valence-electron chi connectivity index (χ2n) is 6.71. The minimum Gasteiger partial charge on any atom is -0.386 e. The van der Waals surface area contributed by atoms with Gasteiger partial charge in [0, 0.05) is 10.4 Å². The number of benzene rings is 1. The van der Waals surface area contributed by atoms with Crippen LogP contribution in [0.15, 0.2) is 27.7 Å². The Morgan fingerprint density at radius 3 is 2.33 bits per heavy atom. The van der Waals surface area contributed by atoms with Gasteiger partial charge in [-0.2, -0.15) is 10.5 Å². The van der Waals surface area contributed by atoms with Crippen LogP contribution in [0.3, 0.4) is 0 Å². The monoisotopic (exact) mass is 466 g/mol. The van der Waals surface area contributed by atoms with Crippen LogP contribution in [0, 0.1) is 39.3 Å². The van der Waals surface area contributed by atoms with Gasteiger partial charge in [0.2, 0.25) is 0 Å². The maximum absolute atomic E-state index is 14.8. The van der Waals surface area contributed by atoms with Crippen LogP contribution in [0.1, 0.15) is 38.2 Å². The number of hydrogen-bond donors (Lipinski definition) is 1. The fourth-order valence-corrected chi connectivity index (χ4v) is 7.60. The molecule has 1 fully saturated rings. The van der Waals surface area contributed by atoms with Gasteiger partial charge in [0.05, 0.1) is 12.1 Å². The molecular weight excluding hydrogens is 447 g/mol. The molecule has 0 aromatic heterocycles. The molecule has 2 N–H and O–H groups in total. The Hall–Kier alpha value is -1.22. The number of amidine groups is 1. The van der Waals surface area contributed by atoms with Crippen molar-refractivity contribution < 1.29 is 4.39 Å². The molecule has 1 heterocycles. The summed E-state index contributed by atoms with van der Waals surface area (Å²) in [6, 6.07) is 9.42. The van der Waals surface area contributed by atoms with Crippen molar-refractivity contribution >= 4 is 45.3 Å². The van der Waals surface area contributed by atoms with Crippen LogP contribution in [0.5, 0.6) is 0 Å². The van der Waals surface area contributed by atoms with E-state index in [1.54, 1.807) is 35.7 Å². The predicted molar refractivity (Wildman–Crippen MR) is 113 cm³/mol. The summed E-state index contributed by atoms with van der Waals surface area (Å²) in [6.45, 7) is 4.12. The Morgan fingerprint density at radius 2 is 1.85 bits per heavy atom. The van der Waals surface area contributed by atoms with Crippen LogP contribution in [-0.4, -0.2) is 21.5 Å². The van der Waals surface area contributed by atoms with Crippen LogP contribution in [-0.2, 0) is 0 Å². The summed E-state index contributed by atoms with van der Waals surface area (Å²) in [7, 11) is 0. The molecule has 4 nitrogen and oxygen atoms in total. The highest BCUT2D eigenvalue weighted by Crippen LogP contribution is 2.85. The molecule has 1 aliphatic carbocycles. The molecule has 3 rings (SSSR count). The number of nitrogens with zero attached hydrogens (tertiary/aromatic N) is 3. The van der Waals surface area contributed by atoms with Gasteiger partial charge in [-0.3, -0.25) is 0 Å². The third-order valence-corrected chi connectivity index (χ3v) is 9.24. The number of nitrogens with two attached hydrogens (primary N) is 1. The van der Waals surface area contributed by atoms with E-state index in [0.29, 0.717) is 10.0 Å². The van der Waals surface area contributed by atoms with Gasteiger partial charge >= 0.3 is 0 Å². The lowest BCUT2D eigenvalue weighted by Crippen LogP contribution is -2.32. The number of rotatable bonds is 7. The standard InChI is InChI=1S/C19H20BrFN4S2/c1-3-7-26-19(27-8-4-2)18(11-23)15(17(18,10-22)16(24)25-19)13-6-5-12(20)9-14(13)21/h5-6,9,15H,3-4,7-8H2,1-2H3,(H2,24,25). The first-order valence-corrected chi connectivity index (χ1v) is 11.6. The maximum Gasteiger partial charge on any atom is 0.175 e. The van der Waals surface area contributed by atoms with Crippen molar-refractivity contribution in [2.45, 2.75) is 36.8 Å². The number of halogens is 2. The van der Waals surface area contributed by atoms with E-state index in [9.17, 15) is 14.9 Å². The van der Waals surface area contributed by atoms with Crippen LogP contribution >= 0.6 is 39.5 Å². The van der Waals surface area contributed by atoms with E-state index in [1.807, 2.05) is 0 Å². The maximum atomic E-state index is 14.8. The van der Waals surface area contributed by atoms with Gasteiger partial charge in [-0.25, -0.2) is 9.38 Å². The summed E-state index contributed by atoms with van der Waals surface area (Å²) in [4.78, 5) is 4.68. The van der Waals surface area contributed by atoms with Crippen LogP contribution < -0.4 is 5.73 Å². The number of fused-ring (bicyclic) bond motifs is 1. The normalized spacial score (nSPS) is 30.1. The van der Waals surface area contributed by atoms with E-state index in [2.05, 4.69) is 46.9 Å². The molecule has 1 aromatic rings. The zero-order valence-electron chi connectivity index (χ0n) is 15.1. The summed E-state index contributed by atoms with van der Waals surface area (Å²) in [5.74, 6) is 0.670. The van der Waals surface area contributed by atoms with Crippen molar-refractivity contribution in [2.75, 3.05) is 11.5 Å². The number of nitriles is 2. The molecular formula is C19H20BrFN4S2. The molecule has 27 heavy (non-hydrogen) atoms. The van der Waals surface area contributed by atoms with Gasteiger partial charge in [0.15, 0.2) is 4.20 Å². The zero-order valence-corrected chi connectivity index (χ0v) is 18.3. The van der Waals surface area contributed by atoms with Crippen LogP contribution in [0.2, 0.25) is 0 Å². The fourth-order valence-electron chi connectivity index (χ4n) is 4.04. The molecule has 3 unspecified atom stereocenters. The van der Waals surface area contributed by atoms with Gasteiger partial charge in [0.1, 0.15) is 22.5 Å². The predicted octanol–water partition coefficient (Wildman–Crippen LogP) is 5.02. The largest absolute Gasteiger partial charge is 0.386 e. The lowest BCUT2D eigenvalue weighted by Gasteiger charge is -2.32. The molecule has 1 aliphatic heterocycles. The Bertz CT molecular complexity index is 869. The van der Waals surface area contributed by atoms with Crippen molar-refractivity contribution in [1.29, 1.82) is 10.5 Å². The molecule has 0 saturated heterocycles. The van der Waals surface area contributed by atoms with E-state index in [4.69, 9.17) is 5.73 Å². The Kier molecular flexibility index (Phi) is 5.55. The van der Waals surface area contributed by atoms with Gasteiger partial charge in [-0.05, 0) is 42.0 Å². The van der Waals surface area contributed by atoms with E-state index in [-0.39, 0.29) is 5.84 Å². The lowest BCUT2D eigenvalue weighted by molar-refractivity contribution is 0.551. The molecule has 0 bridgehead atoms. The Morgan fingerprint density at radius 1 is 1.22 bits per heavy atom. The molecule has 142 valence electrons. The third kappa shape index (κ3) is 2.57. The van der Waals surface area contributed by atoms with Gasteiger partial charge in [-0.15, -0.1) is 23.5 Å². The summed E-state index contributed by atoms with van der Waals surface area (Å²) in [6.07, 6.45) is 1.82. The van der Waals surface area contributed by atoms with Crippen molar-refractivity contribution in [3.8, 4) is 12.1 Å². The summed E-state index contributed by atoms with van der Waals surface area (Å²) in [5, 5.41) is 20.4. The van der Waals surface area contributed by atoms with Crippen molar-refractivity contribution in [2.24, 2.45) is 21.6 Å². The van der Waals surface area contributed by atoms with Crippen molar-refractivity contribution in [3.05, 3.63) is 34.1 Å². The van der Waals surface area contributed by atoms with Crippen molar-refractivity contribution in [1.82, 2.24) is 0 Å². The highest BCUT2D eigenvalue weighted by atomic mass is 79.9. The lowest BCUT2D eigenvalue weighted by atomic mass is 9.97. The molecule has 1 aromatic carbocycles. The highest BCUT2D eigenvalue weighted by Gasteiger charge is 2.92. The van der Waals surface area contributed by atoms with E-state index in [0.717, 1.165) is 24.3 Å². The number of hydrogen-bond acceptors (Lipinski definition) is 6. The summed E-state index contributed by atoms with van der Waals surface area (Å²) in [5.41, 5.74) is 4.18. The van der Waals surface area contributed by atoms with E-state index < -0.39 is 26.8 Å². The quantitative estimate of drug-likeness (QED) is 0.570. The molecule has 2 aliphatic rings. The summed E-state index contributed by atoms with van der Waals surface area (Å²) >= 11 is 6.38. The SMILES string of the molecule is CCCSC1(SCCC)N=C(N)C2(C#N)C(c3ccc(Br)cc3F)C12C#N. The van der Waals surface area contributed by atoms with Crippen molar-refractivity contribution in [3.63, 3.8) is 0 Å². The van der Waals surface area contributed by atoms with E-state index >= 15 is 0 Å². The molecule has 8 heteroatoms. The topological polar surface area (TPSA) is 86.0 Å². The highest BCUT2D eigenvalue weighted by molar-refractivity contribution is 9.10. The number of aliphatic imine (C=N–C) groups is 1. The van der Waals surface area contributed by atoms with Gasteiger partial charge in [-0.1, -0.05) is 35.8 Å². The molecule has 1 saturated carbocycles. The fraction of sp³-hybridized carbons (Fsp3) is 0.526. The van der Waals surface area contributed by atoms with Crippen LogP contribution in [0.4, 0.5) is 4.39 Å². The first kappa shape index (κ1) is 20.5. The van der Waals surface area contributed by atoms with Crippen LogP contribution in [0.25, 0.3) is 0 Å². The molecule has 3 atom stereocenters.